The largest absolute Gasteiger partial charge is 0.394 e. The van der Waals surface area contributed by atoms with E-state index in [1.54, 1.807) is 0 Å². The van der Waals surface area contributed by atoms with Crippen LogP contribution in [0.5, 0.6) is 0 Å². The van der Waals surface area contributed by atoms with E-state index in [2.05, 4.69) is 26.6 Å². The summed E-state index contributed by atoms with van der Waals surface area (Å²) in [5.41, 5.74) is 0. The van der Waals surface area contributed by atoms with Crippen LogP contribution in [0.3, 0.4) is 0 Å². The van der Waals surface area contributed by atoms with Gasteiger partial charge in [0.1, 0.15) is 238 Å². The predicted molar refractivity (Wildman–Crippen MR) is 386 cm³/mol. The fourth-order valence-electron chi connectivity index (χ4n) is 16.1. The van der Waals surface area contributed by atoms with Gasteiger partial charge >= 0.3 is 0 Å². The van der Waals surface area contributed by atoms with Crippen LogP contribution < -0.4 is 26.6 Å². The fourth-order valence-corrected chi connectivity index (χ4v) is 16.1. The molecule has 0 radical (unpaired) electrons. The topological polar surface area (TPSA) is 847 Å². The zero-order chi connectivity index (χ0) is 92.1. The first-order valence-electron chi connectivity index (χ1n) is 40.0. The lowest BCUT2D eigenvalue weighted by molar-refractivity contribution is -0.397. The summed E-state index contributed by atoms with van der Waals surface area (Å²) in [6.07, 6.45) is -94.7. The van der Waals surface area contributed by atoms with Crippen LogP contribution >= 0.6 is 0 Å². The molecule has 0 spiro atoms. The summed E-state index contributed by atoms with van der Waals surface area (Å²) < 4.78 is 114. The van der Waals surface area contributed by atoms with Crippen molar-refractivity contribution in [3.8, 4) is 0 Å². The molecule has 50 atom stereocenters. The van der Waals surface area contributed by atoms with E-state index >= 15 is 0 Å². The van der Waals surface area contributed by atoms with Crippen molar-refractivity contribution in [1.82, 2.24) is 26.6 Å². The van der Waals surface area contributed by atoms with E-state index in [1.165, 1.54) is 6.92 Å². The van der Waals surface area contributed by atoms with E-state index in [0.717, 1.165) is 34.6 Å². The van der Waals surface area contributed by atoms with Crippen molar-refractivity contribution in [2.75, 3.05) is 59.5 Å². The van der Waals surface area contributed by atoms with Crippen LogP contribution in [0, 0.1) is 0 Å². The number of rotatable bonds is 32. The monoisotopic (exact) mass is 1830 g/mol. The third-order valence-corrected chi connectivity index (χ3v) is 22.8. The minimum Gasteiger partial charge on any atom is -0.394 e. The van der Waals surface area contributed by atoms with Gasteiger partial charge in [-0.3, -0.25) is 24.0 Å². The van der Waals surface area contributed by atoms with E-state index in [4.69, 9.17) is 90.0 Å². The molecule has 10 heterocycles. The van der Waals surface area contributed by atoms with Crippen LogP contribution in [0.25, 0.3) is 0 Å². The molecule has 0 bridgehead atoms. The first-order chi connectivity index (χ1) is 59.0. The third-order valence-electron chi connectivity index (χ3n) is 22.8. The Bertz CT molecular complexity index is 3420. The summed E-state index contributed by atoms with van der Waals surface area (Å²) in [7, 11) is 0. The van der Waals surface area contributed by atoms with Gasteiger partial charge in [0.05, 0.1) is 65.6 Å². The first kappa shape index (κ1) is 103. The van der Waals surface area contributed by atoms with Crippen molar-refractivity contribution in [3.63, 3.8) is 0 Å². The summed E-state index contributed by atoms with van der Waals surface area (Å²) >= 11 is 0. The zero-order valence-electron chi connectivity index (χ0n) is 67.7. The summed E-state index contributed by atoms with van der Waals surface area (Å²) in [6, 6.07) is -9.27. The molecule has 10 aliphatic heterocycles. The van der Waals surface area contributed by atoms with Gasteiger partial charge in [0.2, 0.25) is 29.5 Å². The molecule has 5 amide bonds. The van der Waals surface area contributed by atoms with Crippen LogP contribution in [-0.4, -0.2) is 529 Å². The Morgan fingerprint density at radius 1 is 0.224 bits per heavy atom. The maximum atomic E-state index is 13.4. The van der Waals surface area contributed by atoms with Crippen molar-refractivity contribution in [2.24, 2.45) is 0 Å². The lowest BCUT2D eigenvalue weighted by Gasteiger charge is -2.51. The van der Waals surface area contributed by atoms with Gasteiger partial charge in [-0.1, -0.05) is 0 Å². The summed E-state index contributed by atoms with van der Waals surface area (Å²) in [5, 5.41) is 305. The molecule has 1 unspecified atom stereocenters. The van der Waals surface area contributed by atoms with Crippen molar-refractivity contribution in [2.45, 2.75) is 348 Å². The molecule has 10 rings (SSSR count). The molecular formula is C70H117N5O50. The van der Waals surface area contributed by atoms with Gasteiger partial charge in [-0.05, 0) is 6.92 Å². The van der Waals surface area contributed by atoms with Crippen LogP contribution in [0.2, 0.25) is 0 Å². The van der Waals surface area contributed by atoms with Crippen molar-refractivity contribution in [3.05, 3.63) is 0 Å². The molecule has 0 aromatic carbocycles. The van der Waals surface area contributed by atoms with E-state index in [9.17, 15) is 157 Å². The molecular weight excluding hydrogens is 1710 g/mol. The fraction of sp³-hybridized carbons (Fsp3) is 0.929. The Morgan fingerprint density at radius 3 is 0.984 bits per heavy atom. The first-order valence-corrected chi connectivity index (χ1v) is 40.0. The smallest absolute Gasteiger partial charge is 0.217 e. The molecule has 0 aromatic heterocycles. The number of carbonyl (C=O) groups is 5. The number of hydrogen-bond acceptors (Lipinski definition) is 50. The number of ether oxygens (including phenoxy) is 19. The molecule has 722 valence electrons. The average Bonchev–Trinajstić information content (AvgIpc) is 0.768. The molecule has 55 heteroatoms. The van der Waals surface area contributed by atoms with Crippen molar-refractivity contribution in [1.29, 1.82) is 0 Å². The number of aliphatic hydroxyl groups excluding tert-OH is 26. The van der Waals surface area contributed by atoms with Crippen LogP contribution in [0.1, 0.15) is 41.5 Å². The Balaban J connectivity index is 1.05. The standard InChI is InChI=1S/C70H117N5O50/c1-16-36(87)48(99)52(103)66(110-16)108-15-30-57(122-67-53(104)49(100)39(90)24(9-78)114-67)47(98)35(75-21(6)86)65(119-30)124-59-51(102)41(92)28(13-107-62-32(72-18(3)83)43(94)37(88)22(7-76)112-62)118-69(59)109-14-29-42(93)58(123-70-60(50(101)40(91)25(10-79)115-70)125-63-33(73-19(4)84)44(95)38(89)23(8-77)113-63)54(105)68(117-29)121-56-27(12-81)116-64(34(46(56)97)74-20(5)85)120-55-26(11-80)111-61(106)31(45(55)96)71-17(2)82/h16,22-70,76-81,87-106H,7-15H2,1-6H3,(H,71,82)(H,72,83)(H,73,84)(H,74,85)(H,75,86)/t16-,22+,23+,24+,25+,26+,27+,28+,29+,30+,31+,32+,33+,34+,35+,36+,37+,38+,39-,40+,41+,42+,43+,44+,45+,46+,47+,48+,49-,50-,51-,52-,53+,54-,55+,56+,57+,58-,59-,60-,61?,62+,63-,64-,65-,66+,67-,68-,69-,70+/m0/s1. The van der Waals surface area contributed by atoms with Gasteiger partial charge in [-0.2, -0.15) is 0 Å². The SMILES string of the molecule is CC(=O)N[C@H]1[C@H](O[C@H]2[C@H](O)[C@@H](NC(C)=O)C(O)O[C@@H]2CO)O[C@H](CO)[C@@H](O[C@@H]2O[C@H](CO[C@H]3O[C@H](CO[C@@H]4O[C@H](CO)[C@@H](O)[C@H](O)[C@H]4NC(C)=O)[C@@H](O)[C@H](O)[C@@H]3O[C@@H]3O[C@H](CO[C@@H]4O[C@@H](C)[C@@H](O)[C@@H](O)[C@@H]4O)[C@@H](O[C@@H]4O[C@H](CO)[C@H](O)[C@H](O)[C@H]4O)[C@H](O)[C@H]3NC(C)=O)[C@@H](O)[C@H](O[C@H]3O[C@H](CO)[C@@H](O)[C@H](O)[C@@H]3O[C@@H]3O[C@H](CO)[C@@H](O)[C@H](O)[C@H]3NC(C)=O)[C@@H]2O)[C@@H]1O. The minimum absolute atomic E-state index is 0.806. The van der Waals surface area contributed by atoms with Crippen LogP contribution in [0.4, 0.5) is 0 Å². The summed E-state index contributed by atoms with van der Waals surface area (Å²) in [4.78, 5) is 63.9. The van der Waals surface area contributed by atoms with Crippen LogP contribution in [0.15, 0.2) is 0 Å². The molecule has 0 aliphatic carbocycles. The van der Waals surface area contributed by atoms with Gasteiger partial charge in [0, 0.05) is 34.6 Å². The highest BCUT2D eigenvalue weighted by Crippen LogP contribution is 2.40. The van der Waals surface area contributed by atoms with Crippen molar-refractivity contribution >= 4 is 29.5 Å². The Kier molecular flexibility index (Phi) is 36.8. The molecule has 125 heavy (non-hydrogen) atoms. The second-order valence-electron chi connectivity index (χ2n) is 31.8. The predicted octanol–water partition coefficient (Wildman–Crippen LogP) is -21.1. The Morgan fingerprint density at radius 2 is 0.504 bits per heavy atom. The van der Waals surface area contributed by atoms with Crippen molar-refractivity contribution < 1.29 is 247 Å². The minimum atomic E-state index is -2.62. The number of aliphatic hydroxyl groups is 26. The molecule has 0 aromatic rings. The number of amides is 5. The molecule has 10 aliphatic rings. The van der Waals surface area contributed by atoms with Gasteiger partial charge < -0.3 is 249 Å². The van der Waals surface area contributed by atoms with Crippen LogP contribution in [-0.2, 0) is 114 Å². The molecule has 10 saturated heterocycles. The Hall–Kier alpha value is -4.45. The lowest BCUT2D eigenvalue weighted by Crippen LogP contribution is -2.71. The average molecular weight is 1830 g/mol. The van der Waals surface area contributed by atoms with Gasteiger partial charge in [0.15, 0.2) is 62.9 Å². The third kappa shape index (κ3) is 23.3. The lowest BCUT2D eigenvalue weighted by atomic mass is 9.93. The summed E-state index contributed by atoms with van der Waals surface area (Å²) in [5.74, 6) is -4.54. The van der Waals surface area contributed by atoms with E-state index < -0.39 is 396 Å². The molecule has 55 nitrogen and oxygen atoms in total. The molecule has 31 N–H and O–H groups in total. The van der Waals surface area contributed by atoms with E-state index in [1.807, 2.05) is 0 Å². The van der Waals surface area contributed by atoms with Gasteiger partial charge in [0.25, 0.3) is 0 Å². The molecule has 0 saturated carbocycles. The number of hydrogen-bond donors (Lipinski definition) is 31. The van der Waals surface area contributed by atoms with Gasteiger partial charge in [-0.25, -0.2) is 0 Å². The van der Waals surface area contributed by atoms with E-state index in [-0.39, 0.29) is 0 Å². The second-order valence-corrected chi connectivity index (χ2v) is 31.8. The zero-order valence-corrected chi connectivity index (χ0v) is 67.7. The maximum absolute atomic E-state index is 13.4. The second kappa shape index (κ2) is 44.9. The van der Waals surface area contributed by atoms with Gasteiger partial charge in [-0.15, -0.1) is 0 Å². The highest BCUT2D eigenvalue weighted by atomic mass is 16.8. The molecule has 10 fully saturated rings. The highest BCUT2D eigenvalue weighted by Gasteiger charge is 2.62. The number of nitrogens with one attached hydrogen (secondary N) is 5. The maximum Gasteiger partial charge on any atom is 0.217 e. The quantitative estimate of drug-likeness (QED) is 0.0297. The normalized spacial score (nSPS) is 48.7. The van der Waals surface area contributed by atoms with E-state index in [0.29, 0.717) is 0 Å². The number of carbonyl (C=O) groups excluding carboxylic acids is 5. The Labute approximate surface area is 708 Å². The summed E-state index contributed by atoms with van der Waals surface area (Å²) in [6.45, 7) is -3.87. The highest BCUT2D eigenvalue weighted by molar-refractivity contribution is 5.75.